The summed E-state index contributed by atoms with van der Waals surface area (Å²) in [5.74, 6) is -0.0132. The van der Waals surface area contributed by atoms with Crippen LogP contribution in [0.25, 0.3) is 10.9 Å². The Balaban J connectivity index is 1.58. The number of ether oxygens (including phenoxy) is 1. The highest BCUT2D eigenvalue weighted by Gasteiger charge is 2.11. The molecule has 7 heteroatoms. The standard InChI is InChI=1S/C23H25N3O4/c27-21(26-29)12-5-2-6-15-24-23(28)19-14-13-18-10-7-11-20(22(18)25-19)30-16-17-8-3-1-4-9-17/h1,3-4,7-11,13-14,29H,2,5-6,12,15-16H2,(H,24,28)(H,26,27). The monoisotopic (exact) mass is 407 g/mol. The van der Waals surface area contributed by atoms with Crippen molar-refractivity contribution in [2.45, 2.75) is 32.3 Å². The van der Waals surface area contributed by atoms with Crippen LogP contribution in [0.15, 0.2) is 60.7 Å². The number of carbonyl (C=O) groups excluding carboxylic acids is 2. The molecule has 3 N–H and O–H groups in total. The summed E-state index contributed by atoms with van der Waals surface area (Å²) in [4.78, 5) is 27.9. The number of para-hydroxylation sites is 1. The van der Waals surface area contributed by atoms with Gasteiger partial charge in [-0.1, -0.05) is 55.0 Å². The van der Waals surface area contributed by atoms with E-state index in [0.717, 1.165) is 23.8 Å². The number of benzene rings is 2. The summed E-state index contributed by atoms with van der Waals surface area (Å²) in [6.45, 7) is 0.914. The molecule has 0 aliphatic carbocycles. The van der Waals surface area contributed by atoms with Gasteiger partial charge >= 0.3 is 0 Å². The molecule has 1 aromatic heterocycles. The molecule has 3 aromatic rings. The van der Waals surface area contributed by atoms with Gasteiger partial charge in [-0.05, 0) is 30.5 Å². The lowest BCUT2D eigenvalue weighted by molar-refractivity contribution is -0.129. The van der Waals surface area contributed by atoms with Gasteiger partial charge in [0.1, 0.15) is 23.6 Å². The number of amides is 2. The van der Waals surface area contributed by atoms with Crippen molar-refractivity contribution in [3.63, 3.8) is 0 Å². The fourth-order valence-corrected chi connectivity index (χ4v) is 3.03. The van der Waals surface area contributed by atoms with Crippen LogP contribution in [0.3, 0.4) is 0 Å². The summed E-state index contributed by atoms with van der Waals surface area (Å²) < 4.78 is 5.95. The van der Waals surface area contributed by atoms with Crippen molar-refractivity contribution in [3.05, 3.63) is 71.9 Å². The summed E-state index contributed by atoms with van der Waals surface area (Å²) in [6.07, 6.45) is 2.43. The van der Waals surface area contributed by atoms with Gasteiger partial charge in [0.25, 0.3) is 5.91 Å². The molecule has 0 spiro atoms. The van der Waals surface area contributed by atoms with E-state index in [9.17, 15) is 9.59 Å². The number of fused-ring (bicyclic) bond motifs is 1. The second kappa shape index (κ2) is 10.9. The maximum absolute atomic E-state index is 12.5. The highest BCUT2D eigenvalue weighted by atomic mass is 16.5. The Labute approximate surface area is 175 Å². The van der Waals surface area contributed by atoms with Crippen LogP contribution >= 0.6 is 0 Å². The molecule has 0 bridgehead atoms. The maximum Gasteiger partial charge on any atom is 0.269 e. The largest absolute Gasteiger partial charge is 0.487 e. The van der Waals surface area contributed by atoms with Crippen LogP contribution < -0.4 is 15.5 Å². The van der Waals surface area contributed by atoms with Gasteiger partial charge < -0.3 is 10.1 Å². The average Bonchev–Trinajstić information content (AvgIpc) is 2.79. The lowest BCUT2D eigenvalue weighted by Crippen LogP contribution is -2.25. The van der Waals surface area contributed by atoms with E-state index in [1.807, 2.05) is 54.6 Å². The lowest BCUT2D eigenvalue weighted by atomic mass is 10.1. The minimum Gasteiger partial charge on any atom is -0.487 e. The molecular formula is C23H25N3O4. The van der Waals surface area contributed by atoms with E-state index in [4.69, 9.17) is 9.94 Å². The van der Waals surface area contributed by atoms with Gasteiger partial charge in [0, 0.05) is 18.4 Å². The van der Waals surface area contributed by atoms with E-state index >= 15 is 0 Å². The van der Waals surface area contributed by atoms with Crippen molar-refractivity contribution in [2.75, 3.05) is 6.54 Å². The first-order valence-electron chi connectivity index (χ1n) is 9.95. The van der Waals surface area contributed by atoms with Gasteiger partial charge in [-0.2, -0.15) is 0 Å². The SMILES string of the molecule is O=C(CCCCCNC(=O)c1ccc2cccc(OCc3ccccc3)c2n1)NO. The normalized spacial score (nSPS) is 10.6. The molecule has 0 aliphatic rings. The molecule has 2 amide bonds. The third-order valence-corrected chi connectivity index (χ3v) is 4.64. The zero-order valence-corrected chi connectivity index (χ0v) is 16.6. The molecule has 1 heterocycles. The fourth-order valence-electron chi connectivity index (χ4n) is 3.03. The summed E-state index contributed by atoms with van der Waals surface area (Å²) in [5.41, 5.74) is 3.64. The van der Waals surface area contributed by atoms with E-state index in [1.54, 1.807) is 11.5 Å². The topological polar surface area (TPSA) is 101 Å². The number of hydrogen-bond donors (Lipinski definition) is 3. The van der Waals surface area contributed by atoms with E-state index < -0.39 is 5.91 Å². The van der Waals surface area contributed by atoms with Crippen LogP contribution in [0.5, 0.6) is 5.75 Å². The van der Waals surface area contributed by atoms with Gasteiger partial charge in [0.05, 0.1) is 0 Å². The molecule has 3 rings (SSSR count). The van der Waals surface area contributed by atoms with Gasteiger partial charge in [0.15, 0.2) is 0 Å². The van der Waals surface area contributed by atoms with Crippen LogP contribution in [-0.4, -0.2) is 28.6 Å². The third kappa shape index (κ3) is 6.02. The summed E-state index contributed by atoms with van der Waals surface area (Å²) in [7, 11) is 0. The maximum atomic E-state index is 12.5. The lowest BCUT2D eigenvalue weighted by Gasteiger charge is -2.10. The first-order valence-corrected chi connectivity index (χ1v) is 9.95. The average molecular weight is 407 g/mol. The van der Waals surface area contributed by atoms with Gasteiger partial charge in [0.2, 0.25) is 5.91 Å². The van der Waals surface area contributed by atoms with Crippen molar-refractivity contribution in [1.29, 1.82) is 0 Å². The van der Waals surface area contributed by atoms with Crippen LogP contribution in [0.2, 0.25) is 0 Å². The molecule has 2 aromatic carbocycles. The van der Waals surface area contributed by atoms with Crippen LogP contribution in [0.1, 0.15) is 41.7 Å². The Hall–Kier alpha value is -3.45. The van der Waals surface area contributed by atoms with Crippen molar-refractivity contribution in [2.24, 2.45) is 0 Å². The summed E-state index contributed by atoms with van der Waals surface area (Å²) >= 11 is 0. The first-order chi connectivity index (χ1) is 14.7. The minimum absolute atomic E-state index is 0.247. The molecule has 7 nitrogen and oxygen atoms in total. The Morgan fingerprint density at radius 3 is 2.57 bits per heavy atom. The number of pyridine rings is 1. The summed E-state index contributed by atoms with van der Waals surface area (Å²) in [5, 5.41) is 12.2. The fraction of sp³-hybridized carbons (Fsp3) is 0.261. The van der Waals surface area contributed by atoms with Crippen LogP contribution in [-0.2, 0) is 11.4 Å². The molecule has 0 atom stereocenters. The number of aromatic nitrogens is 1. The third-order valence-electron chi connectivity index (χ3n) is 4.64. The number of unbranched alkanes of at least 4 members (excludes halogenated alkanes) is 2. The Morgan fingerprint density at radius 2 is 1.77 bits per heavy atom. The number of carbonyl (C=O) groups is 2. The first kappa shape index (κ1) is 21.3. The van der Waals surface area contributed by atoms with Gasteiger partial charge in [-0.25, -0.2) is 10.5 Å². The van der Waals surface area contributed by atoms with Crippen molar-refractivity contribution < 1.29 is 19.5 Å². The van der Waals surface area contributed by atoms with Gasteiger partial charge in [-0.15, -0.1) is 0 Å². The molecule has 0 unspecified atom stereocenters. The molecular weight excluding hydrogens is 382 g/mol. The number of hydroxylamine groups is 1. The zero-order chi connectivity index (χ0) is 21.2. The number of rotatable bonds is 10. The smallest absolute Gasteiger partial charge is 0.269 e. The molecule has 0 saturated carbocycles. The van der Waals surface area contributed by atoms with E-state index in [1.165, 1.54) is 0 Å². The van der Waals surface area contributed by atoms with E-state index in [2.05, 4.69) is 10.3 Å². The molecule has 156 valence electrons. The second-order valence-electron chi connectivity index (χ2n) is 6.90. The van der Waals surface area contributed by atoms with E-state index in [0.29, 0.717) is 36.5 Å². The number of nitrogens with zero attached hydrogens (tertiary/aromatic N) is 1. The van der Waals surface area contributed by atoms with Crippen molar-refractivity contribution >= 4 is 22.7 Å². The Bertz CT molecular complexity index is 992. The second-order valence-corrected chi connectivity index (χ2v) is 6.90. The van der Waals surface area contributed by atoms with Crippen molar-refractivity contribution in [3.8, 4) is 5.75 Å². The Morgan fingerprint density at radius 1 is 0.933 bits per heavy atom. The molecule has 0 fully saturated rings. The summed E-state index contributed by atoms with van der Waals surface area (Å²) in [6, 6.07) is 19.1. The zero-order valence-electron chi connectivity index (χ0n) is 16.6. The molecule has 0 radical (unpaired) electrons. The predicted molar refractivity (Wildman–Crippen MR) is 113 cm³/mol. The highest BCUT2D eigenvalue weighted by molar-refractivity contribution is 5.95. The van der Waals surface area contributed by atoms with Crippen molar-refractivity contribution in [1.82, 2.24) is 15.8 Å². The molecule has 30 heavy (non-hydrogen) atoms. The quantitative estimate of drug-likeness (QED) is 0.271. The Kier molecular flexibility index (Phi) is 7.74. The molecule has 0 saturated heterocycles. The van der Waals surface area contributed by atoms with Crippen LogP contribution in [0.4, 0.5) is 0 Å². The highest BCUT2D eigenvalue weighted by Crippen LogP contribution is 2.25. The van der Waals surface area contributed by atoms with E-state index in [-0.39, 0.29) is 12.3 Å². The number of nitrogens with one attached hydrogen (secondary N) is 2. The van der Waals surface area contributed by atoms with Gasteiger partial charge in [-0.3, -0.25) is 14.8 Å². The predicted octanol–water partition coefficient (Wildman–Crippen LogP) is 3.61. The van der Waals surface area contributed by atoms with Crippen LogP contribution in [0, 0.1) is 0 Å². The molecule has 0 aliphatic heterocycles. The minimum atomic E-state index is -0.398. The number of hydrogen-bond acceptors (Lipinski definition) is 5.